The molecule has 0 bridgehead atoms. The topological polar surface area (TPSA) is 29.9 Å². The molecular weight excluding hydrogens is 222 g/mol. The van der Waals surface area contributed by atoms with Crippen LogP contribution >= 0.6 is 0 Å². The van der Waals surface area contributed by atoms with Crippen LogP contribution < -0.4 is 5.32 Å². The van der Waals surface area contributed by atoms with Crippen LogP contribution in [0, 0.1) is 12.3 Å². The molecule has 0 aromatic carbocycles. The van der Waals surface area contributed by atoms with Crippen molar-refractivity contribution in [2.75, 3.05) is 0 Å². The minimum Gasteiger partial charge on any atom is -0.333 e. The van der Waals surface area contributed by atoms with E-state index in [4.69, 9.17) is 6.42 Å². The Hall–Kier alpha value is -1.27. The molecule has 2 rings (SSSR count). The normalized spacial score (nSPS) is 23.8. The fourth-order valence-corrected chi connectivity index (χ4v) is 2.69. The van der Waals surface area contributed by atoms with Gasteiger partial charge in [-0.15, -0.1) is 12.3 Å². The molecule has 2 atom stereocenters. The van der Waals surface area contributed by atoms with E-state index in [1.165, 1.54) is 25.0 Å². The Morgan fingerprint density at radius 1 is 1.50 bits per heavy atom. The molecule has 1 aliphatic rings. The van der Waals surface area contributed by atoms with Crippen LogP contribution in [0.1, 0.15) is 57.2 Å². The first kappa shape index (κ1) is 13.2. The highest BCUT2D eigenvalue weighted by Crippen LogP contribution is 2.25. The second kappa shape index (κ2) is 6.61. The van der Waals surface area contributed by atoms with Gasteiger partial charge in [0.25, 0.3) is 0 Å². The number of unbranched alkanes of at least 4 members (excludes halogenated alkanes) is 2. The van der Waals surface area contributed by atoms with Gasteiger partial charge in [-0.25, -0.2) is 4.98 Å². The third kappa shape index (κ3) is 3.36. The Balaban J connectivity index is 1.92. The van der Waals surface area contributed by atoms with Crippen molar-refractivity contribution in [2.24, 2.45) is 0 Å². The van der Waals surface area contributed by atoms with Gasteiger partial charge in [-0.2, -0.15) is 0 Å². The Kier molecular flexibility index (Phi) is 4.83. The van der Waals surface area contributed by atoms with E-state index in [0.717, 1.165) is 25.8 Å². The number of nitrogens with zero attached hydrogens (tertiary/aromatic N) is 2. The molecule has 1 fully saturated rings. The summed E-state index contributed by atoms with van der Waals surface area (Å²) in [6, 6.07) is 1.09. The molecule has 18 heavy (non-hydrogen) atoms. The molecule has 2 heterocycles. The molecule has 0 saturated carbocycles. The minimum absolute atomic E-state index is 0.476. The summed E-state index contributed by atoms with van der Waals surface area (Å²) in [5.74, 6) is 2.69. The molecule has 1 saturated heterocycles. The van der Waals surface area contributed by atoms with Crippen LogP contribution in [0.3, 0.4) is 0 Å². The van der Waals surface area contributed by atoms with Crippen LogP contribution in [0.5, 0.6) is 0 Å². The van der Waals surface area contributed by atoms with Gasteiger partial charge in [-0.3, -0.25) is 0 Å². The van der Waals surface area contributed by atoms with Gasteiger partial charge in [-0.05, 0) is 39.0 Å². The number of rotatable bonds is 5. The number of nitrogens with one attached hydrogen (secondary N) is 1. The van der Waals surface area contributed by atoms with E-state index in [1.54, 1.807) is 0 Å². The number of aryl methyl sites for hydroxylation is 1. The molecule has 1 aliphatic heterocycles. The number of hydrogen-bond acceptors (Lipinski definition) is 2. The molecule has 0 aliphatic carbocycles. The van der Waals surface area contributed by atoms with Crippen molar-refractivity contribution in [1.29, 1.82) is 0 Å². The maximum absolute atomic E-state index is 5.27. The van der Waals surface area contributed by atoms with Crippen LogP contribution in [0.2, 0.25) is 0 Å². The average Bonchev–Trinajstić information content (AvgIpc) is 2.83. The van der Waals surface area contributed by atoms with Crippen LogP contribution in [0.25, 0.3) is 0 Å². The highest BCUT2D eigenvalue weighted by Gasteiger charge is 2.21. The van der Waals surface area contributed by atoms with Crippen molar-refractivity contribution in [2.45, 2.75) is 64.1 Å². The summed E-state index contributed by atoms with van der Waals surface area (Å²) in [5, 5.41) is 3.67. The lowest BCUT2D eigenvalue weighted by molar-refractivity contribution is 0.328. The monoisotopic (exact) mass is 245 g/mol. The third-order valence-electron chi connectivity index (χ3n) is 3.69. The molecule has 0 spiro atoms. The SMILES string of the molecule is C#CCCCCn1cncc1C1CCCC(C)N1. The van der Waals surface area contributed by atoms with Crippen LogP contribution in [-0.4, -0.2) is 15.6 Å². The second-order valence-corrected chi connectivity index (χ2v) is 5.22. The molecule has 2 unspecified atom stereocenters. The van der Waals surface area contributed by atoms with Gasteiger partial charge in [-0.1, -0.05) is 0 Å². The van der Waals surface area contributed by atoms with Crippen LogP contribution in [0.4, 0.5) is 0 Å². The lowest BCUT2D eigenvalue weighted by Gasteiger charge is -2.29. The Morgan fingerprint density at radius 3 is 3.17 bits per heavy atom. The smallest absolute Gasteiger partial charge is 0.0948 e. The van der Waals surface area contributed by atoms with E-state index in [2.05, 4.69) is 27.7 Å². The largest absolute Gasteiger partial charge is 0.333 e. The standard InChI is InChI=1S/C15H23N3/c1-3-4-5-6-10-18-12-16-11-15(18)14-9-7-8-13(2)17-14/h1,11-14,17H,4-10H2,2H3. The molecule has 3 heteroatoms. The van der Waals surface area contributed by atoms with E-state index in [0.29, 0.717) is 12.1 Å². The highest BCUT2D eigenvalue weighted by molar-refractivity contribution is 5.07. The molecule has 0 radical (unpaired) electrons. The van der Waals surface area contributed by atoms with E-state index in [-0.39, 0.29) is 0 Å². The van der Waals surface area contributed by atoms with E-state index >= 15 is 0 Å². The van der Waals surface area contributed by atoms with Gasteiger partial charge >= 0.3 is 0 Å². The van der Waals surface area contributed by atoms with Crippen LogP contribution in [0.15, 0.2) is 12.5 Å². The average molecular weight is 245 g/mol. The quantitative estimate of drug-likeness (QED) is 0.638. The summed E-state index contributed by atoms with van der Waals surface area (Å²) in [5.41, 5.74) is 1.34. The summed E-state index contributed by atoms with van der Waals surface area (Å²) >= 11 is 0. The zero-order valence-electron chi connectivity index (χ0n) is 11.2. The third-order valence-corrected chi connectivity index (χ3v) is 3.69. The van der Waals surface area contributed by atoms with E-state index < -0.39 is 0 Å². The summed E-state index contributed by atoms with van der Waals surface area (Å²) in [6.45, 7) is 3.30. The van der Waals surface area contributed by atoms with Gasteiger partial charge in [0.05, 0.1) is 12.0 Å². The molecule has 0 amide bonds. The van der Waals surface area contributed by atoms with Crippen molar-refractivity contribution >= 4 is 0 Å². The molecule has 1 N–H and O–H groups in total. The fraction of sp³-hybridized carbons (Fsp3) is 0.667. The molecular formula is C15H23N3. The zero-order chi connectivity index (χ0) is 12.8. The maximum atomic E-state index is 5.27. The number of terminal acetylenes is 1. The van der Waals surface area contributed by atoms with Gasteiger partial charge in [0.2, 0.25) is 0 Å². The Morgan fingerprint density at radius 2 is 2.39 bits per heavy atom. The lowest BCUT2D eigenvalue weighted by Crippen LogP contribution is -2.35. The lowest BCUT2D eigenvalue weighted by atomic mass is 9.97. The summed E-state index contributed by atoms with van der Waals surface area (Å²) in [6.07, 6.45) is 16.2. The first-order valence-corrected chi connectivity index (χ1v) is 7.01. The molecule has 3 nitrogen and oxygen atoms in total. The van der Waals surface area contributed by atoms with Gasteiger partial charge < -0.3 is 9.88 Å². The highest BCUT2D eigenvalue weighted by atomic mass is 15.1. The predicted octanol–water partition coefficient (Wildman–Crippen LogP) is 2.89. The molecule has 98 valence electrons. The molecule has 1 aromatic heterocycles. The Labute approximate surface area is 110 Å². The summed E-state index contributed by atoms with van der Waals surface area (Å²) in [7, 11) is 0. The first-order valence-electron chi connectivity index (χ1n) is 7.01. The van der Waals surface area contributed by atoms with Crippen molar-refractivity contribution in [1.82, 2.24) is 14.9 Å². The van der Waals surface area contributed by atoms with E-state index in [9.17, 15) is 0 Å². The second-order valence-electron chi connectivity index (χ2n) is 5.22. The predicted molar refractivity (Wildman–Crippen MR) is 74.1 cm³/mol. The summed E-state index contributed by atoms with van der Waals surface area (Å²) in [4.78, 5) is 4.30. The van der Waals surface area contributed by atoms with Gasteiger partial charge in [0, 0.05) is 31.2 Å². The van der Waals surface area contributed by atoms with Gasteiger partial charge in [0.15, 0.2) is 0 Å². The number of hydrogen-bond donors (Lipinski definition) is 1. The zero-order valence-corrected chi connectivity index (χ0v) is 11.2. The van der Waals surface area contributed by atoms with Crippen molar-refractivity contribution in [3.05, 3.63) is 18.2 Å². The Bertz CT molecular complexity index is 402. The number of imidazole rings is 1. The van der Waals surface area contributed by atoms with Crippen LogP contribution in [-0.2, 0) is 6.54 Å². The minimum atomic E-state index is 0.476. The van der Waals surface area contributed by atoms with Crippen molar-refractivity contribution < 1.29 is 0 Å². The van der Waals surface area contributed by atoms with E-state index in [1.807, 2.05) is 12.5 Å². The maximum Gasteiger partial charge on any atom is 0.0948 e. The van der Waals surface area contributed by atoms with Gasteiger partial charge in [0.1, 0.15) is 0 Å². The van der Waals surface area contributed by atoms with Crippen molar-refractivity contribution in [3.63, 3.8) is 0 Å². The fourth-order valence-electron chi connectivity index (χ4n) is 2.69. The summed E-state index contributed by atoms with van der Waals surface area (Å²) < 4.78 is 2.28. The number of piperidine rings is 1. The number of aromatic nitrogens is 2. The first-order chi connectivity index (χ1) is 8.81. The van der Waals surface area contributed by atoms with Crippen molar-refractivity contribution in [3.8, 4) is 12.3 Å². The molecule has 1 aromatic rings.